The van der Waals surface area contributed by atoms with Crippen molar-refractivity contribution in [3.05, 3.63) is 47.9 Å². The Balaban J connectivity index is 2.09. The van der Waals surface area contributed by atoms with Gasteiger partial charge in [0.25, 0.3) is 5.91 Å². The number of para-hydroxylation sites is 1. The Hall–Kier alpha value is -2.43. The van der Waals surface area contributed by atoms with Gasteiger partial charge in [0.05, 0.1) is 12.4 Å². The molecule has 1 aromatic carbocycles. The van der Waals surface area contributed by atoms with Crippen LogP contribution in [0.25, 0.3) is 0 Å². The summed E-state index contributed by atoms with van der Waals surface area (Å²) in [4.78, 5) is 20.8. The van der Waals surface area contributed by atoms with Crippen LogP contribution in [0.4, 0.5) is 11.5 Å². The first-order valence-electron chi connectivity index (χ1n) is 8.00. The lowest BCUT2D eigenvalue weighted by molar-refractivity contribution is 0.102. The second-order valence-corrected chi connectivity index (χ2v) is 5.94. The Morgan fingerprint density at radius 3 is 2.48 bits per heavy atom. The topological polar surface area (TPSA) is 66.9 Å². The molecule has 0 spiro atoms. The minimum atomic E-state index is -0.249. The number of carbonyl (C=O) groups is 1. The lowest BCUT2D eigenvalue weighted by Crippen LogP contribution is -2.17. The van der Waals surface area contributed by atoms with Crippen molar-refractivity contribution >= 4 is 17.4 Å². The van der Waals surface area contributed by atoms with Gasteiger partial charge in [-0.3, -0.25) is 4.79 Å². The normalized spacial score (nSPS) is 12.0. The van der Waals surface area contributed by atoms with E-state index in [4.69, 9.17) is 0 Å². The molecular formula is C18H24N4O. The summed E-state index contributed by atoms with van der Waals surface area (Å²) in [5.74, 6) is 0.763. The summed E-state index contributed by atoms with van der Waals surface area (Å²) in [7, 11) is 0. The van der Waals surface area contributed by atoms with Crippen LogP contribution in [0.5, 0.6) is 0 Å². The van der Waals surface area contributed by atoms with Gasteiger partial charge in [0, 0.05) is 11.7 Å². The highest BCUT2D eigenvalue weighted by Crippen LogP contribution is 2.24. The number of hydrogen-bond donors (Lipinski definition) is 2. The number of amides is 1. The average molecular weight is 312 g/mol. The molecular weight excluding hydrogens is 288 g/mol. The Labute approximate surface area is 137 Å². The molecule has 0 aliphatic carbocycles. The van der Waals surface area contributed by atoms with Crippen LogP contribution in [0.2, 0.25) is 0 Å². The van der Waals surface area contributed by atoms with Gasteiger partial charge >= 0.3 is 0 Å². The molecule has 2 rings (SSSR count). The predicted molar refractivity (Wildman–Crippen MR) is 93.9 cm³/mol. The molecule has 0 bridgehead atoms. The summed E-state index contributed by atoms with van der Waals surface area (Å²) < 4.78 is 0. The molecule has 5 heteroatoms. The van der Waals surface area contributed by atoms with E-state index in [1.165, 1.54) is 6.20 Å². The van der Waals surface area contributed by atoms with Gasteiger partial charge in [-0.25, -0.2) is 9.97 Å². The van der Waals surface area contributed by atoms with Gasteiger partial charge in [0.15, 0.2) is 0 Å². The van der Waals surface area contributed by atoms with E-state index in [-0.39, 0.29) is 5.91 Å². The SMILES string of the molecule is CCC(C)Nc1cnc(C(=O)Nc2ccccc2C(C)C)cn1. The summed E-state index contributed by atoms with van der Waals surface area (Å²) in [6, 6.07) is 8.12. The monoisotopic (exact) mass is 312 g/mol. The maximum Gasteiger partial charge on any atom is 0.275 e. The van der Waals surface area contributed by atoms with Crippen molar-refractivity contribution in [3.63, 3.8) is 0 Å². The molecule has 5 nitrogen and oxygen atoms in total. The van der Waals surface area contributed by atoms with Crippen molar-refractivity contribution in [3.8, 4) is 0 Å². The number of anilines is 2. The zero-order valence-corrected chi connectivity index (χ0v) is 14.1. The molecule has 1 atom stereocenters. The number of carbonyl (C=O) groups excluding carboxylic acids is 1. The first-order chi connectivity index (χ1) is 11.0. The van der Waals surface area contributed by atoms with Crippen LogP contribution < -0.4 is 10.6 Å². The number of aromatic nitrogens is 2. The molecule has 0 radical (unpaired) electrons. The zero-order chi connectivity index (χ0) is 16.8. The van der Waals surface area contributed by atoms with Gasteiger partial charge < -0.3 is 10.6 Å². The third kappa shape index (κ3) is 4.52. The summed E-state index contributed by atoms with van der Waals surface area (Å²) in [5, 5.41) is 6.14. The first-order valence-corrected chi connectivity index (χ1v) is 8.00. The molecule has 1 unspecified atom stereocenters. The Kier molecular flexibility index (Phi) is 5.68. The predicted octanol–water partition coefficient (Wildman–Crippen LogP) is 4.06. The molecule has 0 saturated carbocycles. The van der Waals surface area contributed by atoms with Crippen LogP contribution in [-0.2, 0) is 0 Å². The molecule has 1 aromatic heterocycles. The van der Waals surface area contributed by atoms with Crippen LogP contribution in [0, 0.1) is 0 Å². The van der Waals surface area contributed by atoms with E-state index in [2.05, 4.69) is 48.3 Å². The molecule has 0 aliphatic rings. The van der Waals surface area contributed by atoms with E-state index in [9.17, 15) is 4.79 Å². The molecule has 0 aliphatic heterocycles. The summed E-state index contributed by atoms with van der Waals surface area (Å²) in [5.41, 5.74) is 2.22. The molecule has 0 fully saturated rings. The summed E-state index contributed by atoms with van der Waals surface area (Å²) in [6.45, 7) is 8.37. The lowest BCUT2D eigenvalue weighted by atomic mass is 10.0. The lowest BCUT2D eigenvalue weighted by Gasteiger charge is -2.14. The molecule has 23 heavy (non-hydrogen) atoms. The largest absolute Gasteiger partial charge is 0.366 e. The van der Waals surface area contributed by atoms with Crippen LogP contribution >= 0.6 is 0 Å². The van der Waals surface area contributed by atoms with Crippen molar-refractivity contribution in [2.24, 2.45) is 0 Å². The molecule has 2 aromatic rings. The second kappa shape index (κ2) is 7.72. The standard InChI is InChI=1S/C18H24N4O/c1-5-13(4)21-17-11-19-16(10-20-17)18(23)22-15-9-7-6-8-14(15)12(2)3/h6-13H,5H2,1-4H3,(H,20,21)(H,22,23). The van der Waals surface area contributed by atoms with Crippen LogP contribution in [-0.4, -0.2) is 21.9 Å². The highest BCUT2D eigenvalue weighted by Gasteiger charge is 2.12. The van der Waals surface area contributed by atoms with E-state index in [1.807, 2.05) is 24.3 Å². The Bertz CT molecular complexity index is 652. The molecule has 122 valence electrons. The smallest absolute Gasteiger partial charge is 0.275 e. The van der Waals surface area contributed by atoms with E-state index in [0.717, 1.165) is 17.7 Å². The third-order valence-corrected chi connectivity index (χ3v) is 3.72. The number of benzene rings is 1. The van der Waals surface area contributed by atoms with Crippen molar-refractivity contribution < 1.29 is 4.79 Å². The van der Waals surface area contributed by atoms with Crippen molar-refractivity contribution in [1.29, 1.82) is 0 Å². The quantitative estimate of drug-likeness (QED) is 0.844. The number of nitrogens with one attached hydrogen (secondary N) is 2. The van der Waals surface area contributed by atoms with Gasteiger partial charge in [-0.2, -0.15) is 0 Å². The van der Waals surface area contributed by atoms with Crippen LogP contribution in [0.1, 0.15) is 56.1 Å². The van der Waals surface area contributed by atoms with Crippen molar-refractivity contribution in [2.45, 2.75) is 46.1 Å². The van der Waals surface area contributed by atoms with Crippen molar-refractivity contribution in [1.82, 2.24) is 9.97 Å². The fourth-order valence-electron chi connectivity index (χ4n) is 2.17. The minimum Gasteiger partial charge on any atom is -0.366 e. The van der Waals surface area contributed by atoms with E-state index in [1.54, 1.807) is 6.20 Å². The maximum absolute atomic E-state index is 12.3. The molecule has 2 N–H and O–H groups in total. The number of nitrogens with zero attached hydrogens (tertiary/aromatic N) is 2. The fourth-order valence-corrected chi connectivity index (χ4v) is 2.17. The first kappa shape index (κ1) is 16.9. The van der Waals surface area contributed by atoms with Gasteiger partial charge in [-0.05, 0) is 30.9 Å². The molecule has 1 heterocycles. The van der Waals surface area contributed by atoms with Gasteiger partial charge in [-0.1, -0.05) is 39.0 Å². The van der Waals surface area contributed by atoms with Gasteiger partial charge in [0.1, 0.15) is 11.5 Å². The average Bonchev–Trinajstić information content (AvgIpc) is 2.55. The fraction of sp³-hybridized carbons (Fsp3) is 0.389. The third-order valence-electron chi connectivity index (χ3n) is 3.72. The second-order valence-electron chi connectivity index (χ2n) is 5.94. The van der Waals surface area contributed by atoms with Crippen LogP contribution in [0.3, 0.4) is 0 Å². The van der Waals surface area contributed by atoms with Gasteiger partial charge in [-0.15, -0.1) is 0 Å². The number of hydrogen-bond acceptors (Lipinski definition) is 4. The minimum absolute atomic E-state index is 0.249. The van der Waals surface area contributed by atoms with Crippen LogP contribution in [0.15, 0.2) is 36.7 Å². The van der Waals surface area contributed by atoms with E-state index in [0.29, 0.717) is 23.5 Å². The van der Waals surface area contributed by atoms with E-state index >= 15 is 0 Å². The number of rotatable bonds is 6. The molecule has 0 saturated heterocycles. The Morgan fingerprint density at radius 1 is 1.13 bits per heavy atom. The van der Waals surface area contributed by atoms with Crippen molar-refractivity contribution in [2.75, 3.05) is 10.6 Å². The molecule has 1 amide bonds. The Morgan fingerprint density at radius 2 is 1.87 bits per heavy atom. The highest BCUT2D eigenvalue weighted by atomic mass is 16.1. The van der Waals surface area contributed by atoms with E-state index < -0.39 is 0 Å². The summed E-state index contributed by atoms with van der Waals surface area (Å²) >= 11 is 0. The van der Waals surface area contributed by atoms with Gasteiger partial charge in [0.2, 0.25) is 0 Å². The summed E-state index contributed by atoms with van der Waals surface area (Å²) in [6.07, 6.45) is 4.09. The highest BCUT2D eigenvalue weighted by molar-refractivity contribution is 6.03. The maximum atomic E-state index is 12.3. The zero-order valence-electron chi connectivity index (χ0n) is 14.1.